The van der Waals surface area contributed by atoms with E-state index in [1.807, 2.05) is 42.2 Å². The van der Waals surface area contributed by atoms with Crippen LogP contribution in [0.25, 0.3) is 11.0 Å². The van der Waals surface area contributed by atoms with E-state index in [0.717, 1.165) is 5.56 Å². The van der Waals surface area contributed by atoms with Gasteiger partial charge in [0.2, 0.25) is 11.2 Å². The van der Waals surface area contributed by atoms with Gasteiger partial charge in [-0.15, -0.1) is 0 Å². The number of halogens is 3. The van der Waals surface area contributed by atoms with Gasteiger partial charge in [0.25, 0.3) is 5.76 Å². The Bertz CT molecular complexity index is 1400. The molecule has 3 aromatic carbocycles. The van der Waals surface area contributed by atoms with Crippen molar-refractivity contribution in [1.82, 2.24) is 4.90 Å². The number of phenols is 1. The third kappa shape index (κ3) is 5.31. The molecular weight excluding hydrogens is 475 g/mol. The highest BCUT2D eigenvalue weighted by atomic mass is 19.4. The van der Waals surface area contributed by atoms with Crippen LogP contribution < -0.4 is 14.9 Å². The van der Waals surface area contributed by atoms with Crippen LogP contribution in [-0.4, -0.2) is 23.7 Å². The van der Waals surface area contributed by atoms with Gasteiger partial charge >= 0.3 is 6.18 Å². The first-order valence-corrected chi connectivity index (χ1v) is 11.2. The minimum Gasteiger partial charge on any atom is -0.507 e. The van der Waals surface area contributed by atoms with Crippen molar-refractivity contribution < 1.29 is 32.2 Å². The van der Waals surface area contributed by atoms with E-state index in [0.29, 0.717) is 18.8 Å². The molecule has 0 amide bonds. The molecule has 4 aromatic rings. The lowest BCUT2D eigenvalue weighted by atomic mass is 10.1. The summed E-state index contributed by atoms with van der Waals surface area (Å²) in [6.45, 7) is 2.98. The fourth-order valence-electron chi connectivity index (χ4n) is 3.83. The van der Waals surface area contributed by atoms with Crippen LogP contribution in [0, 0.1) is 0 Å². The Labute approximate surface area is 205 Å². The summed E-state index contributed by atoms with van der Waals surface area (Å²) in [5.74, 6) is -2.34. The number of hydrogen-bond acceptors (Lipinski definition) is 6. The zero-order valence-electron chi connectivity index (χ0n) is 19.6. The van der Waals surface area contributed by atoms with Crippen molar-refractivity contribution in [2.45, 2.75) is 26.2 Å². The number of nitrogens with zero attached hydrogens (tertiary/aromatic N) is 1. The summed E-state index contributed by atoms with van der Waals surface area (Å²) in [6.07, 6.45) is -5.02. The summed E-state index contributed by atoms with van der Waals surface area (Å²) in [7, 11) is 1.45. The van der Waals surface area contributed by atoms with E-state index in [-0.39, 0.29) is 34.6 Å². The van der Waals surface area contributed by atoms with Crippen LogP contribution in [0.1, 0.15) is 23.8 Å². The number of alkyl halides is 3. The van der Waals surface area contributed by atoms with E-state index in [1.165, 1.54) is 43.5 Å². The van der Waals surface area contributed by atoms with Gasteiger partial charge in [-0.25, -0.2) is 0 Å². The van der Waals surface area contributed by atoms with Crippen LogP contribution in [0.15, 0.2) is 75.9 Å². The second kappa shape index (κ2) is 10.3. The minimum atomic E-state index is -5.02. The molecule has 0 saturated heterocycles. The molecule has 0 unspecified atom stereocenters. The van der Waals surface area contributed by atoms with Crippen molar-refractivity contribution >= 4 is 11.0 Å². The molecule has 6 nitrogen and oxygen atoms in total. The fraction of sp³-hybridized carbons (Fsp3) is 0.222. The molecule has 0 saturated carbocycles. The maximum absolute atomic E-state index is 14.0. The molecule has 9 heteroatoms. The Kier molecular flexibility index (Phi) is 7.21. The Balaban J connectivity index is 1.80. The zero-order valence-corrected chi connectivity index (χ0v) is 19.6. The van der Waals surface area contributed by atoms with Crippen LogP contribution >= 0.6 is 0 Å². The average Bonchev–Trinajstić information content (AvgIpc) is 2.87. The summed E-state index contributed by atoms with van der Waals surface area (Å²) in [4.78, 5) is 15.1. The maximum Gasteiger partial charge on any atom is 0.453 e. The smallest absolute Gasteiger partial charge is 0.453 e. The van der Waals surface area contributed by atoms with E-state index < -0.39 is 23.1 Å². The van der Waals surface area contributed by atoms with Crippen LogP contribution in [0.4, 0.5) is 13.2 Å². The molecule has 0 radical (unpaired) electrons. The summed E-state index contributed by atoms with van der Waals surface area (Å²) in [5.41, 5.74) is -0.247. The number of phenolic OH excluding ortho intramolecular Hbond substituents is 1. The van der Waals surface area contributed by atoms with Gasteiger partial charge in [0.05, 0.1) is 18.1 Å². The molecule has 1 N–H and O–H groups in total. The van der Waals surface area contributed by atoms with Crippen molar-refractivity contribution in [3.8, 4) is 23.0 Å². The molecule has 36 heavy (non-hydrogen) atoms. The van der Waals surface area contributed by atoms with E-state index in [4.69, 9.17) is 13.9 Å². The Morgan fingerprint density at radius 1 is 0.944 bits per heavy atom. The van der Waals surface area contributed by atoms with Gasteiger partial charge in [-0.2, -0.15) is 13.2 Å². The van der Waals surface area contributed by atoms with Crippen molar-refractivity contribution in [3.63, 3.8) is 0 Å². The molecule has 0 aliphatic heterocycles. The average molecular weight is 499 g/mol. The quantitative estimate of drug-likeness (QED) is 0.305. The van der Waals surface area contributed by atoms with Crippen LogP contribution in [0.3, 0.4) is 0 Å². The van der Waals surface area contributed by atoms with Gasteiger partial charge in [0.1, 0.15) is 22.8 Å². The number of aromatic hydroxyl groups is 1. The van der Waals surface area contributed by atoms with E-state index in [1.54, 1.807) is 0 Å². The largest absolute Gasteiger partial charge is 0.507 e. The summed E-state index contributed by atoms with van der Waals surface area (Å²) in [6, 6.07) is 17.8. The summed E-state index contributed by atoms with van der Waals surface area (Å²) in [5, 5.41) is 10.4. The Morgan fingerprint density at radius 3 is 2.22 bits per heavy atom. The van der Waals surface area contributed by atoms with Gasteiger partial charge in [-0.1, -0.05) is 37.3 Å². The minimum absolute atomic E-state index is 0.00645. The van der Waals surface area contributed by atoms with Crippen LogP contribution in [0.2, 0.25) is 0 Å². The first-order chi connectivity index (χ1) is 17.2. The molecule has 0 bridgehead atoms. The first kappa shape index (κ1) is 25.1. The predicted octanol–water partition coefficient (Wildman–Crippen LogP) is 6.34. The van der Waals surface area contributed by atoms with Gasteiger partial charge < -0.3 is 19.0 Å². The summed E-state index contributed by atoms with van der Waals surface area (Å²) >= 11 is 0. The van der Waals surface area contributed by atoms with Gasteiger partial charge in [0, 0.05) is 13.1 Å². The Morgan fingerprint density at radius 2 is 1.61 bits per heavy atom. The number of methoxy groups -OCH3 is 1. The fourth-order valence-corrected chi connectivity index (χ4v) is 3.83. The highest BCUT2D eigenvalue weighted by molar-refractivity contribution is 5.83. The topological polar surface area (TPSA) is 72.1 Å². The lowest BCUT2D eigenvalue weighted by Gasteiger charge is -2.22. The zero-order chi connectivity index (χ0) is 25.9. The van der Waals surface area contributed by atoms with E-state index in [2.05, 4.69) is 0 Å². The van der Waals surface area contributed by atoms with Gasteiger partial charge in [0.15, 0.2) is 0 Å². The molecule has 0 atom stereocenters. The molecule has 0 fully saturated rings. The number of hydrogen-bond donors (Lipinski definition) is 1. The molecule has 1 aromatic heterocycles. The van der Waals surface area contributed by atoms with E-state index in [9.17, 15) is 23.1 Å². The molecule has 188 valence electrons. The third-order valence-electron chi connectivity index (χ3n) is 5.71. The maximum atomic E-state index is 14.0. The normalized spacial score (nSPS) is 11.7. The number of ether oxygens (including phenoxy) is 2. The lowest BCUT2D eigenvalue weighted by molar-refractivity contribution is -0.154. The van der Waals surface area contributed by atoms with Crippen molar-refractivity contribution in [2.75, 3.05) is 13.7 Å². The standard InChI is InChI=1S/C27H24F3NO5/c1-3-31(15-17-7-5-4-6-8-17)16-21-22(32)14-13-20-23(33)25(26(27(28,29)30)36-24(20)21)35-19-11-9-18(34-2)10-12-19/h4-14,32H,3,15-16H2,1-2H3. The lowest BCUT2D eigenvalue weighted by Crippen LogP contribution is -2.23. The van der Waals surface area contributed by atoms with Crippen LogP contribution in [0.5, 0.6) is 23.0 Å². The first-order valence-electron chi connectivity index (χ1n) is 11.2. The van der Waals surface area contributed by atoms with Crippen molar-refractivity contribution in [1.29, 1.82) is 0 Å². The SMILES string of the molecule is CCN(Cc1ccccc1)Cc1c(O)ccc2c(=O)c(Oc3ccc(OC)cc3)c(C(F)(F)F)oc12. The molecule has 4 rings (SSSR count). The molecular formula is C27H24F3NO5. The third-order valence-corrected chi connectivity index (χ3v) is 5.71. The second-order valence-electron chi connectivity index (χ2n) is 8.09. The number of fused-ring (bicyclic) bond motifs is 1. The Hall–Kier alpha value is -3.98. The molecule has 0 aliphatic rings. The molecule has 0 spiro atoms. The number of rotatable bonds is 8. The van der Waals surface area contributed by atoms with Crippen molar-refractivity contribution in [3.05, 3.63) is 93.8 Å². The van der Waals surface area contributed by atoms with Crippen molar-refractivity contribution in [2.24, 2.45) is 0 Å². The monoisotopic (exact) mass is 499 g/mol. The highest BCUT2D eigenvalue weighted by Gasteiger charge is 2.41. The predicted molar refractivity (Wildman–Crippen MR) is 128 cm³/mol. The van der Waals surface area contributed by atoms with E-state index >= 15 is 0 Å². The summed E-state index contributed by atoms with van der Waals surface area (Å²) < 4.78 is 57.8. The molecule has 0 aliphatic carbocycles. The molecule has 1 heterocycles. The van der Waals surface area contributed by atoms with Crippen LogP contribution in [-0.2, 0) is 19.3 Å². The van der Waals surface area contributed by atoms with Gasteiger partial charge in [-0.05, 0) is 48.5 Å². The second-order valence-corrected chi connectivity index (χ2v) is 8.09. The highest BCUT2D eigenvalue weighted by Crippen LogP contribution is 2.40. The number of benzene rings is 3. The van der Waals surface area contributed by atoms with Gasteiger partial charge in [-0.3, -0.25) is 9.69 Å².